The van der Waals surface area contributed by atoms with Gasteiger partial charge in [0.1, 0.15) is 10.6 Å². The van der Waals surface area contributed by atoms with Gasteiger partial charge >= 0.3 is 0 Å². The maximum Gasteiger partial charge on any atom is 0.254 e. The average molecular weight is 482 g/mol. The van der Waals surface area contributed by atoms with Crippen LogP contribution in [0.4, 0.5) is 5.69 Å². The molecular weight excluding hydrogens is 458 g/mol. The van der Waals surface area contributed by atoms with Crippen LogP contribution in [-0.4, -0.2) is 76.4 Å². The normalized spacial score (nSPS) is 14.6. The van der Waals surface area contributed by atoms with Crippen molar-refractivity contribution in [3.8, 4) is 5.75 Å². The van der Waals surface area contributed by atoms with Crippen molar-refractivity contribution in [3.05, 3.63) is 53.1 Å². The van der Waals surface area contributed by atoms with Gasteiger partial charge in [-0.3, -0.25) is 9.59 Å². The first kappa shape index (κ1) is 24.0. The number of ether oxygens (including phenoxy) is 2. The zero-order valence-corrected chi connectivity index (χ0v) is 19.3. The topological polar surface area (TPSA) is 105 Å². The third-order valence-electron chi connectivity index (χ3n) is 4.87. The number of morpholine rings is 1. The smallest absolute Gasteiger partial charge is 0.254 e. The van der Waals surface area contributed by atoms with Crippen molar-refractivity contribution in [2.24, 2.45) is 0 Å². The summed E-state index contributed by atoms with van der Waals surface area (Å²) in [6.45, 7) is 0.851. The second kappa shape index (κ2) is 10.3. The van der Waals surface area contributed by atoms with Gasteiger partial charge in [0.2, 0.25) is 15.9 Å². The van der Waals surface area contributed by atoms with Crippen LogP contribution in [0.15, 0.2) is 47.4 Å². The number of hydrogen-bond acceptors (Lipinski definition) is 6. The van der Waals surface area contributed by atoms with Gasteiger partial charge in [0, 0.05) is 31.4 Å². The van der Waals surface area contributed by atoms with E-state index in [4.69, 9.17) is 21.1 Å². The first-order valence-electron chi connectivity index (χ1n) is 9.79. The van der Waals surface area contributed by atoms with Gasteiger partial charge in [-0.25, -0.2) is 8.42 Å². The molecule has 1 saturated heterocycles. The van der Waals surface area contributed by atoms with Crippen LogP contribution in [0.2, 0.25) is 5.02 Å². The fourth-order valence-corrected chi connectivity index (χ4v) is 5.05. The molecule has 0 saturated carbocycles. The Morgan fingerprint density at radius 1 is 1.16 bits per heavy atom. The molecule has 2 aromatic carbocycles. The van der Waals surface area contributed by atoms with E-state index in [2.05, 4.69) is 5.32 Å². The van der Waals surface area contributed by atoms with Gasteiger partial charge in [0.25, 0.3) is 5.91 Å². The number of carbonyl (C=O) groups is 2. The van der Waals surface area contributed by atoms with Crippen molar-refractivity contribution in [1.29, 1.82) is 0 Å². The van der Waals surface area contributed by atoms with E-state index in [1.165, 1.54) is 41.6 Å². The van der Waals surface area contributed by atoms with Crippen molar-refractivity contribution in [2.45, 2.75) is 4.90 Å². The third-order valence-corrected chi connectivity index (χ3v) is 7.25. The number of carbonyl (C=O) groups excluding carboxylic acids is 2. The van der Waals surface area contributed by atoms with E-state index >= 15 is 0 Å². The summed E-state index contributed by atoms with van der Waals surface area (Å²) in [5, 5.41) is 2.68. The fraction of sp³-hybridized carbons (Fsp3) is 0.333. The monoisotopic (exact) mass is 481 g/mol. The number of sulfonamides is 1. The van der Waals surface area contributed by atoms with Gasteiger partial charge in [-0.15, -0.1) is 0 Å². The molecule has 3 rings (SSSR count). The Kier molecular flexibility index (Phi) is 7.73. The number of nitrogens with zero attached hydrogens (tertiary/aromatic N) is 2. The Morgan fingerprint density at radius 3 is 2.44 bits per heavy atom. The summed E-state index contributed by atoms with van der Waals surface area (Å²) in [6.07, 6.45) is 0. The van der Waals surface area contributed by atoms with Crippen LogP contribution in [0, 0.1) is 0 Å². The number of methoxy groups -OCH3 is 1. The van der Waals surface area contributed by atoms with Gasteiger partial charge in [-0.05, 0) is 42.5 Å². The highest BCUT2D eigenvalue weighted by molar-refractivity contribution is 7.89. The van der Waals surface area contributed by atoms with E-state index in [-0.39, 0.29) is 41.1 Å². The molecule has 1 N–H and O–H groups in total. The van der Waals surface area contributed by atoms with Crippen LogP contribution >= 0.6 is 11.6 Å². The second-order valence-electron chi connectivity index (χ2n) is 7.10. The van der Waals surface area contributed by atoms with E-state index in [0.717, 1.165) is 0 Å². The lowest BCUT2D eigenvalue weighted by Gasteiger charge is -2.26. The minimum atomic E-state index is -3.83. The van der Waals surface area contributed by atoms with E-state index in [0.29, 0.717) is 24.5 Å². The van der Waals surface area contributed by atoms with Gasteiger partial charge in [0.05, 0.1) is 31.9 Å². The molecule has 32 heavy (non-hydrogen) atoms. The second-order valence-corrected chi connectivity index (χ2v) is 9.41. The molecule has 11 heteroatoms. The SMILES string of the molecule is COc1ccc(C(=O)N(C)CC(=O)Nc2ccc(Cl)c(S(=O)(=O)N3CCOCC3)c2)cc1. The quantitative estimate of drug-likeness (QED) is 0.649. The number of amides is 2. The van der Waals surface area contributed by atoms with Crippen LogP contribution in [0.5, 0.6) is 5.75 Å². The summed E-state index contributed by atoms with van der Waals surface area (Å²) < 4.78 is 37.4. The predicted octanol–water partition coefficient (Wildman–Crippen LogP) is 2.08. The van der Waals surface area contributed by atoms with Crippen LogP contribution in [-0.2, 0) is 19.6 Å². The molecule has 0 spiro atoms. The minimum Gasteiger partial charge on any atom is -0.497 e. The molecule has 2 aromatic rings. The summed E-state index contributed by atoms with van der Waals surface area (Å²) in [5.41, 5.74) is 0.669. The molecule has 0 aliphatic carbocycles. The summed E-state index contributed by atoms with van der Waals surface area (Å²) in [6, 6.07) is 10.8. The molecule has 0 aromatic heterocycles. The van der Waals surface area contributed by atoms with Crippen LogP contribution < -0.4 is 10.1 Å². The minimum absolute atomic E-state index is 0.0568. The predicted molar refractivity (Wildman–Crippen MR) is 120 cm³/mol. The number of benzene rings is 2. The third kappa shape index (κ3) is 5.57. The molecule has 0 bridgehead atoms. The number of anilines is 1. The zero-order valence-electron chi connectivity index (χ0n) is 17.7. The maximum absolute atomic E-state index is 12.9. The van der Waals surface area contributed by atoms with Crippen LogP contribution in [0.1, 0.15) is 10.4 Å². The molecule has 0 radical (unpaired) electrons. The van der Waals surface area contributed by atoms with Gasteiger partial charge in [-0.2, -0.15) is 4.31 Å². The van der Waals surface area contributed by atoms with Gasteiger partial charge in [0.15, 0.2) is 0 Å². The van der Waals surface area contributed by atoms with Crippen molar-refractivity contribution in [2.75, 3.05) is 52.3 Å². The Labute approximate surface area is 191 Å². The molecule has 1 aliphatic rings. The Morgan fingerprint density at radius 2 is 1.81 bits per heavy atom. The van der Waals surface area contributed by atoms with Crippen molar-refractivity contribution in [3.63, 3.8) is 0 Å². The number of rotatable bonds is 7. The molecule has 172 valence electrons. The molecule has 0 atom stereocenters. The first-order valence-corrected chi connectivity index (χ1v) is 11.6. The van der Waals surface area contributed by atoms with Crippen molar-refractivity contribution in [1.82, 2.24) is 9.21 Å². The Balaban J connectivity index is 1.68. The van der Waals surface area contributed by atoms with Crippen molar-refractivity contribution < 1.29 is 27.5 Å². The lowest BCUT2D eigenvalue weighted by Crippen LogP contribution is -2.40. The molecular formula is C21H24ClN3O6S. The van der Waals surface area contributed by atoms with Gasteiger partial charge < -0.3 is 19.7 Å². The summed E-state index contributed by atoms with van der Waals surface area (Å²) in [4.78, 5) is 26.2. The average Bonchev–Trinajstić information content (AvgIpc) is 2.80. The zero-order chi connectivity index (χ0) is 23.3. The highest BCUT2D eigenvalue weighted by Crippen LogP contribution is 2.28. The molecule has 1 fully saturated rings. The Bertz CT molecular complexity index is 1090. The fourth-order valence-electron chi connectivity index (χ4n) is 3.15. The van der Waals surface area contributed by atoms with Crippen LogP contribution in [0.25, 0.3) is 0 Å². The van der Waals surface area contributed by atoms with Crippen LogP contribution in [0.3, 0.4) is 0 Å². The number of halogens is 1. The standard InChI is InChI=1S/C21H24ClN3O6S/c1-24(21(27)15-3-6-17(30-2)7-4-15)14-20(26)23-16-5-8-18(22)19(13-16)32(28,29)25-9-11-31-12-10-25/h3-8,13H,9-12,14H2,1-2H3,(H,23,26). The van der Waals surface area contributed by atoms with E-state index in [1.807, 2.05) is 0 Å². The molecule has 2 amide bonds. The lowest BCUT2D eigenvalue weighted by atomic mass is 10.2. The molecule has 1 heterocycles. The summed E-state index contributed by atoms with van der Waals surface area (Å²) in [7, 11) is -0.802. The first-order chi connectivity index (χ1) is 15.2. The molecule has 0 unspecified atom stereocenters. The maximum atomic E-state index is 12.9. The lowest BCUT2D eigenvalue weighted by molar-refractivity contribution is -0.116. The highest BCUT2D eigenvalue weighted by Gasteiger charge is 2.28. The van der Waals surface area contributed by atoms with Crippen molar-refractivity contribution >= 4 is 39.1 Å². The highest BCUT2D eigenvalue weighted by atomic mass is 35.5. The summed E-state index contributed by atoms with van der Waals surface area (Å²) in [5.74, 6) is -0.201. The number of likely N-dealkylation sites (N-methyl/N-ethyl adjacent to an activating group) is 1. The van der Waals surface area contributed by atoms with E-state index in [9.17, 15) is 18.0 Å². The molecule has 1 aliphatic heterocycles. The van der Waals surface area contributed by atoms with Gasteiger partial charge in [-0.1, -0.05) is 11.6 Å². The van der Waals surface area contributed by atoms with E-state index in [1.54, 1.807) is 24.3 Å². The Hall–Kier alpha value is -2.66. The van der Waals surface area contributed by atoms with E-state index < -0.39 is 15.9 Å². The number of nitrogens with one attached hydrogen (secondary N) is 1. The molecule has 9 nitrogen and oxygen atoms in total. The largest absolute Gasteiger partial charge is 0.497 e. The summed E-state index contributed by atoms with van der Waals surface area (Å²) >= 11 is 6.14. The number of hydrogen-bond donors (Lipinski definition) is 1.